The van der Waals surface area contributed by atoms with Crippen molar-refractivity contribution in [2.45, 2.75) is 0 Å². The van der Waals surface area contributed by atoms with Gasteiger partial charge in [0.05, 0.1) is 0 Å². The van der Waals surface area contributed by atoms with Gasteiger partial charge in [0.2, 0.25) is 0 Å². The fourth-order valence-corrected chi connectivity index (χ4v) is 0. The fourth-order valence-electron chi connectivity index (χ4n) is 0. The molecule has 4 heteroatoms. The molecule has 0 N–H and O–H groups in total. The Kier molecular flexibility index (Phi) is 291. The van der Waals surface area contributed by atoms with Crippen LogP contribution in [-0.4, -0.2) is 0 Å². The summed E-state index contributed by atoms with van der Waals surface area (Å²) in [6.45, 7) is 0. The van der Waals surface area contributed by atoms with Crippen molar-refractivity contribution in [3.63, 3.8) is 0 Å². The maximum absolute atomic E-state index is 0. The molecule has 0 nitrogen and oxygen atoms in total. The second kappa shape index (κ2) is 24.1. The van der Waals surface area contributed by atoms with E-state index in [1.807, 2.05) is 0 Å². The average Bonchev–Trinajstić information content (AvgIpc) is 0. The first kappa shape index (κ1) is 48.4. The van der Waals surface area contributed by atoms with Crippen LogP contribution < -0.4 is 24.8 Å². The average molecular weight is 214 g/mol. The molecule has 0 rings (SSSR count). The van der Waals surface area contributed by atoms with E-state index in [9.17, 15) is 0 Å². The number of rotatable bonds is 0. The summed E-state index contributed by atoms with van der Waals surface area (Å²) in [5.74, 6) is 0. The Morgan fingerprint density at radius 1 is 0.750 bits per heavy atom. The number of hydrogen-bond acceptors (Lipinski definition) is 0. The number of hydrogen-bond donors (Lipinski definition) is 0. The zero-order chi connectivity index (χ0) is 0. The van der Waals surface area contributed by atoms with Crippen LogP contribution in [0.4, 0.5) is 0 Å². The largest absolute Gasteiger partial charge is 2.00 e. The monoisotopic (exact) mass is 212 g/mol. The first-order valence-corrected chi connectivity index (χ1v) is 0. The van der Waals surface area contributed by atoms with E-state index in [0.29, 0.717) is 0 Å². The zero-order valence-corrected chi connectivity index (χ0v) is 5.36. The molecule has 0 aromatic heterocycles. The van der Waals surface area contributed by atoms with Crippen molar-refractivity contribution in [2.75, 3.05) is 0 Å². The second-order valence-electron chi connectivity index (χ2n) is 0. The van der Waals surface area contributed by atoms with Gasteiger partial charge in [-0.05, 0) is 0 Å². The summed E-state index contributed by atoms with van der Waals surface area (Å²) in [6, 6.07) is 0. The van der Waals surface area contributed by atoms with Crippen LogP contribution >= 0.6 is 12.4 Å². The fraction of sp³-hybridized carbons (Fsp3) is 0. The van der Waals surface area contributed by atoms with Crippen molar-refractivity contribution in [3.8, 4) is 0 Å². The van der Waals surface area contributed by atoms with Gasteiger partial charge >= 0.3 is 20.4 Å². The van der Waals surface area contributed by atoms with Crippen LogP contribution in [0.2, 0.25) is 0 Å². The quantitative estimate of drug-likeness (QED) is 0.353. The Morgan fingerprint density at radius 2 is 0.750 bits per heavy atom. The molecule has 0 fully saturated rings. The summed E-state index contributed by atoms with van der Waals surface area (Å²) >= 11 is 0. The van der Waals surface area contributed by atoms with Gasteiger partial charge in [0.15, 0.2) is 0 Å². The molecule has 0 heterocycles. The Balaban J connectivity index is 0. The van der Waals surface area contributed by atoms with E-state index >= 15 is 0 Å². The summed E-state index contributed by atoms with van der Waals surface area (Å²) in [4.78, 5) is 0. The first-order chi connectivity index (χ1) is 0. The minimum absolute atomic E-state index is 0. The zero-order valence-electron chi connectivity index (χ0n) is 1.48. The van der Waals surface area contributed by atoms with Gasteiger partial charge in [-0.2, -0.15) is 0 Å². The summed E-state index contributed by atoms with van der Waals surface area (Å²) in [7, 11) is 0. The smallest absolute Gasteiger partial charge is 1.00 e. The summed E-state index contributed by atoms with van der Waals surface area (Å²) in [5.41, 5.74) is 0. The van der Waals surface area contributed by atoms with Crippen LogP contribution in [0.3, 0.4) is 0 Å². The van der Waals surface area contributed by atoms with Crippen molar-refractivity contribution in [1.29, 1.82) is 0 Å². The van der Waals surface area contributed by atoms with Crippen LogP contribution in [0.1, 0.15) is 0 Å². The summed E-state index contributed by atoms with van der Waals surface area (Å²) in [6.07, 6.45) is 0. The van der Waals surface area contributed by atoms with Crippen molar-refractivity contribution in [2.24, 2.45) is 0 Å². The molecule has 4 heavy (non-hydrogen) atoms. The maximum Gasteiger partial charge on any atom is 2.00 e. The van der Waals surface area contributed by atoms with Gasteiger partial charge in [0, 0.05) is 0 Å². The van der Waals surface area contributed by atoms with E-state index in [-0.39, 0.29) is 57.6 Å². The van der Waals surface area contributed by atoms with Gasteiger partial charge in [-0.1, -0.05) is 0 Å². The van der Waals surface area contributed by atoms with Gasteiger partial charge in [-0.25, -0.2) is 0 Å². The SMILES string of the molecule is Cl.[Cl-].[Cl-].[Pd+2]. The molecule has 0 bridgehead atoms. The third-order valence-electron chi connectivity index (χ3n) is 0. The molecule has 32 valence electrons. The molecule has 0 radical (unpaired) electrons. The minimum atomic E-state index is 0. The molecular formula is HCl3Pd. The van der Waals surface area contributed by atoms with Gasteiger partial charge in [0.25, 0.3) is 0 Å². The van der Waals surface area contributed by atoms with Gasteiger partial charge in [-0.3, -0.25) is 0 Å². The molecule has 0 saturated heterocycles. The van der Waals surface area contributed by atoms with Crippen molar-refractivity contribution < 1.29 is 45.2 Å². The van der Waals surface area contributed by atoms with E-state index in [4.69, 9.17) is 0 Å². The van der Waals surface area contributed by atoms with Crippen LogP contribution in [-0.2, 0) is 20.4 Å². The Bertz CT molecular complexity index is 3.25. The molecule has 0 unspecified atom stereocenters. The van der Waals surface area contributed by atoms with Crippen LogP contribution in [0, 0.1) is 0 Å². The second-order valence-corrected chi connectivity index (χ2v) is 0. The van der Waals surface area contributed by atoms with Gasteiger partial charge < -0.3 is 24.8 Å². The van der Waals surface area contributed by atoms with E-state index < -0.39 is 0 Å². The molecule has 0 aliphatic rings. The van der Waals surface area contributed by atoms with Crippen molar-refractivity contribution in [3.05, 3.63) is 0 Å². The summed E-state index contributed by atoms with van der Waals surface area (Å²) in [5, 5.41) is 0. The van der Waals surface area contributed by atoms with Gasteiger partial charge in [0.1, 0.15) is 0 Å². The third-order valence-corrected chi connectivity index (χ3v) is 0. The van der Waals surface area contributed by atoms with E-state index in [1.165, 1.54) is 0 Å². The van der Waals surface area contributed by atoms with Crippen LogP contribution in [0.5, 0.6) is 0 Å². The molecule has 0 amide bonds. The van der Waals surface area contributed by atoms with Crippen molar-refractivity contribution >= 4 is 12.4 Å². The molecule has 0 aromatic carbocycles. The Labute approximate surface area is 57.6 Å². The van der Waals surface area contributed by atoms with Gasteiger partial charge in [-0.15, -0.1) is 12.4 Å². The third kappa shape index (κ3) is 9.65. The molecule has 0 saturated carbocycles. The Morgan fingerprint density at radius 3 is 0.750 bits per heavy atom. The molecular weight excluding hydrogens is 213 g/mol. The topological polar surface area (TPSA) is 0 Å². The summed E-state index contributed by atoms with van der Waals surface area (Å²) < 4.78 is 0. The normalized spacial score (nSPS) is 0. The molecule has 0 aliphatic heterocycles. The van der Waals surface area contributed by atoms with Crippen LogP contribution in [0.15, 0.2) is 0 Å². The van der Waals surface area contributed by atoms with E-state index in [2.05, 4.69) is 0 Å². The molecule has 0 aliphatic carbocycles. The predicted molar refractivity (Wildman–Crippen MR) is 7.25 cm³/mol. The minimum Gasteiger partial charge on any atom is -1.00 e. The number of halogens is 3. The Hall–Kier alpha value is 1.53. The molecule has 0 atom stereocenters. The standard InChI is InChI=1S/3ClH.Pd/h3*1H;/q;;;+2/p-2. The van der Waals surface area contributed by atoms with E-state index in [0.717, 1.165) is 0 Å². The maximum atomic E-state index is 0. The van der Waals surface area contributed by atoms with Crippen molar-refractivity contribution in [1.82, 2.24) is 0 Å². The molecule has 0 aromatic rings. The van der Waals surface area contributed by atoms with Crippen LogP contribution in [0.25, 0.3) is 0 Å². The molecule has 0 spiro atoms. The first-order valence-electron chi connectivity index (χ1n) is 0. The van der Waals surface area contributed by atoms with E-state index in [1.54, 1.807) is 0 Å². The predicted octanol–water partition coefficient (Wildman–Crippen LogP) is -5.57.